The van der Waals surface area contributed by atoms with Crippen LogP contribution in [-0.4, -0.2) is 54.2 Å². The van der Waals surface area contributed by atoms with E-state index in [0.29, 0.717) is 12.0 Å². The maximum atomic E-state index is 10.9. The Balaban J connectivity index is 1.65. The molecule has 1 aliphatic rings. The molecule has 1 N–H and O–H groups in total. The van der Waals surface area contributed by atoms with Crippen LogP contribution < -0.4 is 0 Å². The third kappa shape index (κ3) is 4.60. The first-order valence-corrected chi connectivity index (χ1v) is 9.63. The van der Waals surface area contributed by atoms with Crippen LogP contribution in [0.4, 0.5) is 0 Å². The van der Waals surface area contributed by atoms with Crippen molar-refractivity contribution in [2.75, 3.05) is 33.2 Å². The molecule has 0 aliphatic carbocycles. The molecule has 2 aromatic rings. The van der Waals surface area contributed by atoms with E-state index in [2.05, 4.69) is 73.2 Å². The summed E-state index contributed by atoms with van der Waals surface area (Å²) in [7, 11) is 2.22. The Morgan fingerprint density at radius 1 is 1.16 bits per heavy atom. The summed E-state index contributed by atoms with van der Waals surface area (Å²) < 4.78 is 0. The Morgan fingerprint density at radius 3 is 2.72 bits per heavy atom. The first kappa shape index (κ1) is 18.4. The fourth-order valence-electron chi connectivity index (χ4n) is 3.97. The Labute approximate surface area is 152 Å². The average molecular weight is 341 g/mol. The van der Waals surface area contributed by atoms with Gasteiger partial charge in [0.25, 0.3) is 0 Å². The van der Waals surface area contributed by atoms with Crippen molar-refractivity contribution in [2.45, 2.75) is 38.8 Å². The number of likely N-dealkylation sites (tertiary alicyclic amines) is 1. The van der Waals surface area contributed by atoms with Crippen molar-refractivity contribution < 1.29 is 5.11 Å². The largest absolute Gasteiger partial charge is 0.387 e. The second-order valence-electron chi connectivity index (χ2n) is 7.89. The molecule has 1 aliphatic heterocycles. The molecule has 1 unspecified atom stereocenters. The van der Waals surface area contributed by atoms with Gasteiger partial charge in [0.15, 0.2) is 0 Å². The van der Waals surface area contributed by atoms with Gasteiger partial charge in [-0.1, -0.05) is 42.5 Å². The van der Waals surface area contributed by atoms with Crippen LogP contribution in [0, 0.1) is 5.92 Å². The zero-order valence-electron chi connectivity index (χ0n) is 15.9. The standard InChI is InChI=1S/C22H32N2O/c1-17(2)23(3)14-18-8-7-13-24(15-18)16-22(25)21-12-6-10-19-9-4-5-11-20(19)21/h4-6,9-12,17-18,22,25H,7-8,13-16H2,1-3H3/t18?,22-/m0/s1. The molecule has 0 saturated carbocycles. The van der Waals surface area contributed by atoms with Crippen molar-refractivity contribution in [3.63, 3.8) is 0 Å². The van der Waals surface area contributed by atoms with E-state index in [9.17, 15) is 5.11 Å². The molecule has 2 atom stereocenters. The smallest absolute Gasteiger partial charge is 0.0922 e. The Bertz CT molecular complexity index is 679. The number of hydrogen-bond donors (Lipinski definition) is 1. The number of hydrogen-bond acceptors (Lipinski definition) is 3. The number of fused-ring (bicyclic) bond motifs is 1. The summed E-state index contributed by atoms with van der Waals surface area (Å²) in [4.78, 5) is 4.89. The second-order valence-corrected chi connectivity index (χ2v) is 7.89. The third-order valence-corrected chi connectivity index (χ3v) is 5.64. The minimum Gasteiger partial charge on any atom is -0.387 e. The van der Waals surface area contributed by atoms with Crippen molar-refractivity contribution >= 4 is 10.8 Å². The van der Waals surface area contributed by atoms with Crippen LogP contribution in [-0.2, 0) is 0 Å². The molecule has 1 heterocycles. The van der Waals surface area contributed by atoms with Gasteiger partial charge in [0.1, 0.15) is 0 Å². The van der Waals surface area contributed by atoms with Gasteiger partial charge >= 0.3 is 0 Å². The lowest BCUT2D eigenvalue weighted by atomic mass is 9.95. The van der Waals surface area contributed by atoms with Gasteiger partial charge in [0, 0.05) is 25.7 Å². The molecule has 1 saturated heterocycles. The minimum atomic E-state index is -0.423. The van der Waals surface area contributed by atoms with Gasteiger partial charge in [0.2, 0.25) is 0 Å². The number of rotatable bonds is 6. The molecule has 3 heteroatoms. The number of piperidine rings is 1. The number of aliphatic hydroxyl groups is 1. The topological polar surface area (TPSA) is 26.7 Å². The summed E-state index contributed by atoms with van der Waals surface area (Å²) in [5.41, 5.74) is 1.06. The first-order valence-electron chi connectivity index (χ1n) is 9.63. The molecular formula is C22H32N2O. The van der Waals surface area contributed by atoms with Crippen molar-refractivity contribution in [2.24, 2.45) is 5.92 Å². The molecule has 136 valence electrons. The Morgan fingerprint density at radius 2 is 1.92 bits per heavy atom. The van der Waals surface area contributed by atoms with E-state index in [1.54, 1.807) is 0 Å². The van der Waals surface area contributed by atoms with E-state index in [1.165, 1.54) is 23.6 Å². The van der Waals surface area contributed by atoms with Crippen LogP contribution in [0.15, 0.2) is 42.5 Å². The molecule has 25 heavy (non-hydrogen) atoms. The SMILES string of the molecule is CC(C)N(C)CC1CCCN(C[C@H](O)c2cccc3ccccc23)C1. The summed E-state index contributed by atoms with van der Waals surface area (Å²) in [6.45, 7) is 8.59. The molecule has 2 aromatic carbocycles. The zero-order chi connectivity index (χ0) is 17.8. The number of nitrogens with zero attached hydrogens (tertiary/aromatic N) is 2. The van der Waals surface area contributed by atoms with Crippen LogP contribution in [0.25, 0.3) is 10.8 Å². The fourth-order valence-corrected chi connectivity index (χ4v) is 3.97. The van der Waals surface area contributed by atoms with Gasteiger partial charge in [-0.15, -0.1) is 0 Å². The minimum absolute atomic E-state index is 0.423. The molecular weight excluding hydrogens is 308 g/mol. The second kappa shape index (κ2) is 8.31. The van der Waals surface area contributed by atoms with E-state index in [4.69, 9.17) is 0 Å². The van der Waals surface area contributed by atoms with E-state index in [0.717, 1.165) is 31.7 Å². The van der Waals surface area contributed by atoms with Gasteiger partial charge in [-0.2, -0.15) is 0 Å². The van der Waals surface area contributed by atoms with Gasteiger partial charge < -0.3 is 14.9 Å². The zero-order valence-corrected chi connectivity index (χ0v) is 15.9. The number of benzene rings is 2. The maximum Gasteiger partial charge on any atom is 0.0922 e. The van der Waals surface area contributed by atoms with Crippen LogP contribution in [0.2, 0.25) is 0 Å². The highest BCUT2D eigenvalue weighted by molar-refractivity contribution is 5.85. The average Bonchev–Trinajstić information content (AvgIpc) is 2.61. The van der Waals surface area contributed by atoms with Gasteiger partial charge in [-0.05, 0) is 62.5 Å². The van der Waals surface area contributed by atoms with Crippen LogP contribution >= 0.6 is 0 Å². The maximum absolute atomic E-state index is 10.9. The molecule has 1 fully saturated rings. The lowest BCUT2D eigenvalue weighted by Crippen LogP contribution is -2.43. The summed E-state index contributed by atoms with van der Waals surface area (Å²) in [5.74, 6) is 0.709. The van der Waals surface area contributed by atoms with Crippen molar-refractivity contribution in [1.29, 1.82) is 0 Å². The lowest BCUT2D eigenvalue weighted by molar-refractivity contribution is 0.0740. The number of aliphatic hydroxyl groups excluding tert-OH is 1. The summed E-state index contributed by atoms with van der Waals surface area (Å²) >= 11 is 0. The van der Waals surface area contributed by atoms with E-state index in [1.807, 2.05) is 0 Å². The highest BCUT2D eigenvalue weighted by Crippen LogP contribution is 2.26. The van der Waals surface area contributed by atoms with Crippen molar-refractivity contribution in [3.8, 4) is 0 Å². The first-order chi connectivity index (χ1) is 12.0. The monoisotopic (exact) mass is 340 g/mol. The summed E-state index contributed by atoms with van der Waals surface area (Å²) in [6, 6.07) is 15.2. The Hall–Kier alpha value is -1.42. The molecule has 3 nitrogen and oxygen atoms in total. The van der Waals surface area contributed by atoms with E-state index < -0.39 is 6.10 Å². The quantitative estimate of drug-likeness (QED) is 0.863. The highest BCUT2D eigenvalue weighted by atomic mass is 16.3. The normalized spacial score (nSPS) is 20.5. The lowest BCUT2D eigenvalue weighted by Gasteiger charge is -2.36. The molecule has 0 aromatic heterocycles. The van der Waals surface area contributed by atoms with E-state index >= 15 is 0 Å². The fraction of sp³-hybridized carbons (Fsp3) is 0.545. The summed E-state index contributed by atoms with van der Waals surface area (Å²) in [5, 5.41) is 13.2. The molecule has 0 spiro atoms. The number of β-amino-alcohol motifs (C(OH)–C–C–N with tert-alkyl or cyclic N) is 1. The van der Waals surface area contributed by atoms with Crippen LogP contribution in [0.1, 0.15) is 38.4 Å². The Kier molecular flexibility index (Phi) is 6.10. The molecule has 0 radical (unpaired) electrons. The van der Waals surface area contributed by atoms with E-state index in [-0.39, 0.29) is 0 Å². The van der Waals surface area contributed by atoms with Crippen molar-refractivity contribution in [3.05, 3.63) is 48.0 Å². The predicted molar refractivity (Wildman–Crippen MR) is 106 cm³/mol. The predicted octanol–water partition coefficient (Wildman–Crippen LogP) is 3.93. The van der Waals surface area contributed by atoms with Crippen molar-refractivity contribution in [1.82, 2.24) is 9.80 Å². The van der Waals surface area contributed by atoms with Crippen LogP contribution in [0.3, 0.4) is 0 Å². The third-order valence-electron chi connectivity index (χ3n) is 5.64. The molecule has 0 amide bonds. The highest BCUT2D eigenvalue weighted by Gasteiger charge is 2.24. The molecule has 0 bridgehead atoms. The molecule has 3 rings (SSSR count). The van der Waals surface area contributed by atoms with Crippen LogP contribution in [0.5, 0.6) is 0 Å². The van der Waals surface area contributed by atoms with Gasteiger partial charge in [0.05, 0.1) is 6.10 Å². The summed E-state index contributed by atoms with van der Waals surface area (Å²) in [6.07, 6.45) is 2.12. The van der Waals surface area contributed by atoms with Gasteiger partial charge in [-0.3, -0.25) is 0 Å². The van der Waals surface area contributed by atoms with Gasteiger partial charge in [-0.25, -0.2) is 0 Å².